The van der Waals surface area contributed by atoms with Crippen molar-refractivity contribution in [2.45, 2.75) is 20.8 Å². The Kier molecular flexibility index (Phi) is 8.19. The molecule has 0 radical (unpaired) electrons. The average Bonchev–Trinajstić information content (AvgIpc) is 3.11. The lowest BCUT2D eigenvalue weighted by atomic mass is 10.2. The second-order valence-electron chi connectivity index (χ2n) is 7.45. The summed E-state index contributed by atoms with van der Waals surface area (Å²) in [6.45, 7) is 9.07. The Balaban J connectivity index is 1.65. The highest BCUT2D eigenvalue weighted by Crippen LogP contribution is 2.25. The predicted molar refractivity (Wildman–Crippen MR) is 128 cm³/mol. The summed E-state index contributed by atoms with van der Waals surface area (Å²) in [4.78, 5) is 27.4. The third-order valence-electron chi connectivity index (χ3n) is 5.32. The number of hydrogen-bond donors (Lipinski definition) is 2. The summed E-state index contributed by atoms with van der Waals surface area (Å²) in [5.41, 5.74) is 2.22. The molecule has 3 rings (SSSR count). The molecule has 2 aromatic carbocycles. The molecule has 0 saturated heterocycles. The monoisotopic (exact) mass is 471 g/mol. The first-order chi connectivity index (χ1) is 15.8. The van der Waals surface area contributed by atoms with E-state index in [4.69, 9.17) is 11.6 Å². The molecule has 7 nitrogen and oxygen atoms in total. The van der Waals surface area contributed by atoms with Crippen molar-refractivity contribution in [3.05, 3.63) is 76.3 Å². The van der Waals surface area contributed by atoms with Crippen molar-refractivity contribution >= 4 is 29.1 Å². The number of benzene rings is 2. The Labute approximate surface area is 197 Å². The van der Waals surface area contributed by atoms with E-state index in [1.54, 1.807) is 31.2 Å². The first kappa shape index (κ1) is 24.4. The van der Waals surface area contributed by atoms with Crippen molar-refractivity contribution in [1.29, 1.82) is 0 Å². The molecule has 0 aliphatic carbocycles. The minimum atomic E-state index is -0.428. The summed E-state index contributed by atoms with van der Waals surface area (Å²) in [7, 11) is 0. The van der Waals surface area contributed by atoms with E-state index in [0.29, 0.717) is 29.2 Å². The van der Waals surface area contributed by atoms with Gasteiger partial charge in [-0.25, -0.2) is 9.07 Å². The van der Waals surface area contributed by atoms with Crippen LogP contribution in [-0.4, -0.2) is 52.7 Å². The fourth-order valence-corrected chi connectivity index (χ4v) is 3.74. The number of carbonyl (C=O) groups is 2. The summed E-state index contributed by atoms with van der Waals surface area (Å²) in [6, 6.07) is 12.3. The van der Waals surface area contributed by atoms with E-state index in [2.05, 4.69) is 34.5 Å². The number of anilines is 1. The van der Waals surface area contributed by atoms with Gasteiger partial charge in [0.1, 0.15) is 16.5 Å². The first-order valence-corrected chi connectivity index (χ1v) is 11.1. The molecule has 1 aromatic heterocycles. The van der Waals surface area contributed by atoms with Crippen molar-refractivity contribution < 1.29 is 14.0 Å². The third kappa shape index (κ3) is 5.97. The zero-order valence-corrected chi connectivity index (χ0v) is 19.6. The second kappa shape index (κ2) is 11.1. The van der Waals surface area contributed by atoms with Crippen LogP contribution in [0.1, 0.15) is 40.3 Å². The molecule has 0 aliphatic rings. The largest absolute Gasteiger partial charge is 0.351 e. The number of halogens is 2. The molecule has 174 valence electrons. The number of carbonyl (C=O) groups excluding carboxylic acids is 2. The minimum absolute atomic E-state index is 0.126. The number of hydrogen-bond acceptors (Lipinski definition) is 4. The first-order valence-electron chi connectivity index (χ1n) is 10.8. The molecule has 0 unspecified atom stereocenters. The van der Waals surface area contributed by atoms with E-state index in [1.165, 1.54) is 28.9 Å². The van der Waals surface area contributed by atoms with Crippen LogP contribution in [-0.2, 0) is 0 Å². The molecular weight excluding hydrogens is 445 g/mol. The number of nitrogens with one attached hydrogen (secondary N) is 2. The minimum Gasteiger partial charge on any atom is -0.351 e. The standard InChI is InChI=1S/C24H27ClFN5O2/c1-4-30(5-2)15-14-27-23(32)17-6-10-19(11-7-17)28-24(33)21-16(3)29-31(22(21)25)20-12-8-18(26)9-13-20/h6-13H,4-5,14-15H2,1-3H3,(H,27,32)(H,28,33). The van der Waals surface area contributed by atoms with Crippen LogP contribution in [0.15, 0.2) is 48.5 Å². The van der Waals surface area contributed by atoms with Crippen molar-refractivity contribution in [2.24, 2.45) is 0 Å². The molecule has 1 heterocycles. The number of aryl methyl sites for hydroxylation is 1. The number of nitrogens with zero attached hydrogens (tertiary/aromatic N) is 3. The Morgan fingerprint density at radius 2 is 1.67 bits per heavy atom. The van der Waals surface area contributed by atoms with Crippen LogP contribution in [0.5, 0.6) is 0 Å². The van der Waals surface area contributed by atoms with Gasteiger partial charge in [-0.1, -0.05) is 25.4 Å². The van der Waals surface area contributed by atoms with Gasteiger partial charge in [-0.3, -0.25) is 9.59 Å². The van der Waals surface area contributed by atoms with E-state index in [9.17, 15) is 14.0 Å². The molecule has 0 bridgehead atoms. The molecule has 2 amide bonds. The molecule has 9 heteroatoms. The van der Waals surface area contributed by atoms with Crippen molar-refractivity contribution in [2.75, 3.05) is 31.5 Å². The lowest BCUT2D eigenvalue weighted by molar-refractivity contribution is 0.0948. The van der Waals surface area contributed by atoms with Crippen LogP contribution in [0.3, 0.4) is 0 Å². The van der Waals surface area contributed by atoms with E-state index < -0.39 is 5.91 Å². The maximum absolute atomic E-state index is 13.2. The fourth-order valence-electron chi connectivity index (χ4n) is 3.38. The summed E-state index contributed by atoms with van der Waals surface area (Å²) in [5.74, 6) is -0.973. The van der Waals surface area contributed by atoms with Gasteiger partial charge in [-0.15, -0.1) is 0 Å². The number of amides is 2. The van der Waals surface area contributed by atoms with Crippen LogP contribution in [0.25, 0.3) is 5.69 Å². The van der Waals surface area contributed by atoms with Gasteiger partial charge in [0, 0.05) is 24.3 Å². The molecule has 0 saturated carbocycles. The topological polar surface area (TPSA) is 79.3 Å². The van der Waals surface area contributed by atoms with Gasteiger partial charge in [-0.05, 0) is 68.5 Å². The molecule has 33 heavy (non-hydrogen) atoms. The summed E-state index contributed by atoms with van der Waals surface area (Å²) >= 11 is 6.41. The van der Waals surface area contributed by atoms with Crippen LogP contribution >= 0.6 is 11.6 Å². The maximum Gasteiger partial charge on any atom is 0.260 e. The lowest BCUT2D eigenvalue weighted by Crippen LogP contribution is -2.34. The highest BCUT2D eigenvalue weighted by Gasteiger charge is 2.21. The van der Waals surface area contributed by atoms with Crippen LogP contribution in [0.4, 0.5) is 10.1 Å². The van der Waals surface area contributed by atoms with Gasteiger partial charge in [0.2, 0.25) is 0 Å². The van der Waals surface area contributed by atoms with E-state index in [1.807, 2.05) is 0 Å². The number of likely N-dealkylation sites (N-methyl/N-ethyl adjacent to an activating group) is 1. The van der Waals surface area contributed by atoms with Gasteiger partial charge in [0.15, 0.2) is 0 Å². The van der Waals surface area contributed by atoms with Gasteiger partial charge in [-0.2, -0.15) is 5.10 Å². The van der Waals surface area contributed by atoms with Gasteiger partial charge < -0.3 is 15.5 Å². The van der Waals surface area contributed by atoms with Crippen LogP contribution in [0, 0.1) is 12.7 Å². The second-order valence-corrected chi connectivity index (χ2v) is 7.81. The zero-order chi connectivity index (χ0) is 24.0. The van der Waals surface area contributed by atoms with Gasteiger partial charge in [0.05, 0.1) is 11.4 Å². The van der Waals surface area contributed by atoms with E-state index >= 15 is 0 Å². The zero-order valence-electron chi connectivity index (χ0n) is 18.9. The third-order valence-corrected chi connectivity index (χ3v) is 5.66. The SMILES string of the molecule is CCN(CC)CCNC(=O)c1ccc(NC(=O)c2c(C)nn(-c3ccc(F)cc3)c2Cl)cc1. The molecule has 0 spiro atoms. The van der Waals surface area contributed by atoms with Gasteiger partial charge in [0.25, 0.3) is 11.8 Å². The molecular formula is C24H27ClFN5O2. The normalized spacial score (nSPS) is 11.0. The highest BCUT2D eigenvalue weighted by atomic mass is 35.5. The molecule has 0 aliphatic heterocycles. The van der Waals surface area contributed by atoms with Crippen molar-refractivity contribution in [3.8, 4) is 5.69 Å². The van der Waals surface area contributed by atoms with Crippen molar-refractivity contribution in [1.82, 2.24) is 20.0 Å². The van der Waals surface area contributed by atoms with E-state index in [-0.39, 0.29) is 22.4 Å². The Hall–Kier alpha value is -3.23. The fraction of sp³-hybridized carbons (Fsp3) is 0.292. The Bertz CT molecular complexity index is 1110. The maximum atomic E-state index is 13.2. The van der Waals surface area contributed by atoms with Crippen LogP contribution < -0.4 is 10.6 Å². The Morgan fingerprint density at radius 3 is 2.27 bits per heavy atom. The van der Waals surface area contributed by atoms with Crippen molar-refractivity contribution in [3.63, 3.8) is 0 Å². The smallest absolute Gasteiger partial charge is 0.260 e. The summed E-state index contributed by atoms with van der Waals surface area (Å²) in [6.07, 6.45) is 0. The number of rotatable bonds is 9. The Morgan fingerprint density at radius 1 is 1.03 bits per heavy atom. The predicted octanol–water partition coefficient (Wildman–Crippen LogP) is 4.30. The average molecular weight is 472 g/mol. The molecule has 2 N–H and O–H groups in total. The molecule has 0 atom stereocenters. The highest BCUT2D eigenvalue weighted by molar-refractivity contribution is 6.34. The summed E-state index contributed by atoms with van der Waals surface area (Å²) in [5, 5.41) is 10.1. The van der Waals surface area contributed by atoms with E-state index in [0.717, 1.165) is 19.6 Å². The molecule has 0 fully saturated rings. The quantitative estimate of drug-likeness (QED) is 0.487. The lowest BCUT2D eigenvalue weighted by Gasteiger charge is -2.18. The molecule has 3 aromatic rings. The van der Waals surface area contributed by atoms with Crippen LogP contribution in [0.2, 0.25) is 5.15 Å². The van der Waals surface area contributed by atoms with Gasteiger partial charge >= 0.3 is 0 Å². The number of aromatic nitrogens is 2. The summed E-state index contributed by atoms with van der Waals surface area (Å²) < 4.78 is 14.6.